The van der Waals surface area contributed by atoms with Crippen LogP contribution in [0.25, 0.3) is 0 Å². The highest BCUT2D eigenvalue weighted by Crippen LogP contribution is 2.25. The Bertz CT molecular complexity index is 668. The summed E-state index contributed by atoms with van der Waals surface area (Å²) in [5.74, 6) is 0.297. The first-order valence-electron chi connectivity index (χ1n) is 7.04. The van der Waals surface area contributed by atoms with Crippen molar-refractivity contribution in [1.29, 1.82) is 0 Å². The van der Waals surface area contributed by atoms with E-state index in [4.69, 9.17) is 4.74 Å². The number of aryl methyl sites for hydroxylation is 1. The van der Waals surface area contributed by atoms with Gasteiger partial charge < -0.3 is 14.6 Å². The van der Waals surface area contributed by atoms with Gasteiger partial charge in [-0.1, -0.05) is 11.3 Å². The molecule has 124 valence electrons. The van der Waals surface area contributed by atoms with Crippen molar-refractivity contribution in [2.75, 3.05) is 24.4 Å². The van der Waals surface area contributed by atoms with E-state index in [1.165, 1.54) is 7.11 Å². The van der Waals surface area contributed by atoms with E-state index < -0.39 is 5.97 Å². The molecular weight excluding hydrogens is 334 g/mol. The van der Waals surface area contributed by atoms with Crippen molar-refractivity contribution in [2.45, 2.75) is 19.4 Å². The van der Waals surface area contributed by atoms with Gasteiger partial charge in [0.15, 0.2) is 5.13 Å². The first-order valence-corrected chi connectivity index (χ1v) is 9.25. The summed E-state index contributed by atoms with van der Waals surface area (Å²) in [4.78, 5) is 28.9. The molecule has 2 aromatic heterocycles. The number of nitrogens with zero attached hydrogens (tertiary/aromatic N) is 2. The zero-order valence-corrected chi connectivity index (χ0v) is 14.9. The van der Waals surface area contributed by atoms with Crippen LogP contribution in [0.5, 0.6) is 0 Å². The molecule has 0 saturated heterocycles. The fourth-order valence-electron chi connectivity index (χ4n) is 2.12. The molecule has 0 aliphatic heterocycles. The van der Waals surface area contributed by atoms with Crippen LogP contribution < -0.4 is 5.32 Å². The quantitative estimate of drug-likeness (QED) is 0.775. The van der Waals surface area contributed by atoms with Crippen molar-refractivity contribution in [3.8, 4) is 0 Å². The fourth-order valence-corrected chi connectivity index (χ4v) is 3.47. The molecule has 0 radical (unpaired) electrons. The van der Waals surface area contributed by atoms with Crippen molar-refractivity contribution in [3.63, 3.8) is 0 Å². The van der Waals surface area contributed by atoms with E-state index >= 15 is 0 Å². The van der Waals surface area contributed by atoms with E-state index in [0.717, 1.165) is 23.5 Å². The number of ether oxygens (including phenoxy) is 1. The molecule has 2 heterocycles. The minimum atomic E-state index is -0.440. The lowest BCUT2D eigenvalue weighted by molar-refractivity contribution is -0.119. The highest BCUT2D eigenvalue weighted by atomic mass is 32.2. The molecule has 23 heavy (non-hydrogen) atoms. The predicted molar refractivity (Wildman–Crippen MR) is 93.3 cm³/mol. The van der Waals surface area contributed by atoms with Gasteiger partial charge in [-0.3, -0.25) is 4.79 Å². The van der Waals surface area contributed by atoms with E-state index in [0.29, 0.717) is 15.7 Å². The van der Waals surface area contributed by atoms with Crippen LogP contribution in [-0.2, 0) is 9.53 Å². The Hall–Kier alpha value is -1.80. The number of rotatable bonds is 7. The number of anilines is 1. The van der Waals surface area contributed by atoms with Gasteiger partial charge >= 0.3 is 5.97 Å². The highest BCUT2D eigenvalue weighted by Gasteiger charge is 2.22. The van der Waals surface area contributed by atoms with E-state index in [1.54, 1.807) is 18.7 Å². The normalized spacial score (nSPS) is 12.0. The molecule has 6 nitrogen and oxygen atoms in total. The summed E-state index contributed by atoms with van der Waals surface area (Å²) in [5.41, 5.74) is 0.554. The van der Waals surface area contributed by atoms with E-state index in [2.05, 4.69) is 10.3 Å². The Morgan fingerprint density at radius 1 is 1.43 bits per heavy atom. The maximum atomic E-state index is 12.6. The van der Waals surface area contributed by atoms with Gasteiger partial charge in [-0.15, -0.1) is 0 Å². The summed E-state index contributed by atoms with van der Waals surface area (Å²) in [5, 5.41) is 3.22. The van der Waals surface area contributed by atoms with Crippen molar-refractivity contribution in [2.24, 2.45) is 0 Å². The number of thiazole rings is 1. The molecule has 8 heteroatoms. The molecule has 2 rings (SSSR count). The second-order valence-electron chi connectivity index (χ2n) is 4.84. The van der Waals surface area contributed by atoms with Gasteiger partial charge in [0.1, 0.15) is 10.9 Å². The summed E-state index contributed by atoms with van der Waals surface area (Å²) in [7, 11) is 1.32. The average molecular weight is 353 g/mol. The van der Waals surface area contributed by atoms with Gasteiger partial charge in [0, 0.05) is 12.4 Å². The summed E-state index contributed by atoms with van der Waals surface area (Å²) in [6, 6.07) is 3.48. The molecule has 0 unspecified atom stereocenters. The molecule has 0 aliphatic carbocycles. The number of carbonyl (C=O) groups excluding carboxylic acids is 2. The lowest BCUT2D eigenvalue weighted by atomic mass is 10.2. The van der Waals surface area contributed by atoms with Gasteiger partial charge in [0.25, 0.3) is 0 Å². The summed E-state index contributed by atoms with van der Waals surface area (Å²) in [6.45, 7) is 1.72. The first-order chi connectivity index (χ1) is 11.1. The molecule has 1 N–H and O–H groups in total. The second-order valence-corrected chi connectivity index (χ2v) is 6.83. The van der Waals surface area contributed by atoms with Crippen LogP contribution in [0.15, 0.2) is 24.5 Å². The molecule has 0 aliphatic rings. The van der Waals surface area contributed by atoms with Crippen molar-refractivity contribution < 1.29 is 14.3 Å². The third kappa shape index (κ3) is 4.35. The number of amides is 1. The van der Waals surface area contributed by atoms with Crippen molar-refractivity contribution >= 4 is 40.1 Å². The molecule has 0 saturated carbocycles. The maximum Gasteiger partial charge on any atom is 0.350 e. The summed E-state index contributed by atoms with van der Waals surface area (Å²) >= 11 is 2.82. The molecule has 1 atom stereocenters. The largest absolute Gasteiger partial charge is 0.465 e. The fraction of sp³-hybridized carbons (Fsp3) is 0.400. The molecule has 2 aromatic rings. The Labute approximate surface area is 143 Å². The molecule has 1 amide bonds. The Balaban J connectivity index is 2.14. The Kier molecular flexibility index (Phi) is 6.23. The number of methoxy groups -OCH3 is 1. The third-order valence-corrected chi connectivity index (χ3v) is 4.98. The topological polar surface area (TPSA) is 73.2 Å². The van der Waals surface area contributed by atoms with Crippen LogP contribution in [0.3, 0.4) is 0 Å². The summed E-state index contributed by atoms with van der Waals surface area (Å²) < 4.78 is 6.59. The number of esters is 1. The van der Waals surface area contributed by atoms with Crippen molar-refractivity contribution in [1.82, 2.24) is 9.55 Å². The zero-order valence-electron chi connectivity index (χ0n) is 13.2. The predicted octanol–water partition coefficient (Wildman–Crippen LogP) is 2.97. The van der Waals surface area contributed by atoms with Gasteiger partial charge in [0.2, 0.25) is 5.91 Å². The number of aromatic nitrogens is 2. The van der Waals surface area contributed by atoms with Gasteiger partial charge in [-0.25, -0.2) is 9.78 Å². The molecule has 0 bridgehead atoms. The van der Waals surface area contributed by atoms with E-state index in [-0.39, 0.29) is 11.9 Å². The first kappa shape index (κ1) is 17.6. The van der Waals surface area contributed by atoms with Crippen LogP contribution in [0.2, 0.25) is 0 Å². The molecular formula is C15H19N3O3S2. The lowest BCUT2D eigenvalue weighted by Crippen LogP contribution is -2.25. The van der Waals surface area contributed by atoms with Gasteiger partial charge in [-0.05, 0) is 37.5 Å². The van der Waals surface area contributed by atoms with E-state index in [9.17, 15) is 9.59 Å². The number of nitrogens with one attached hydrogen (secondary N) is 1. The van der Waals surface area contributed by atoms with Crippen LogP contribution >= 0.6 is 23.1 Å². The average Bonchev–Trinajstić information content (AvgIpc) is 3.17. The third-order valence-electron chi connectivity index (χ3n) is 3.28. The minimum absolute atomic E-state index is 0.139. The lowest BCUT2D eigenvalue weighted by Gasteiger charge is -2.17. The Morgan fingerprint density at radius 2 is 2.13 bits per heavy atom. The smallest absolute Gasteiger partial charge is 0.350 e. The molecule has 0 spiro atoms. The number of hydrogen-bond acceptors (Lipinski definition) is 6. The Morgan fingerprint density at radius 3 is 2.74 bits per heavy atom. The van der Waals surface area contributed by atoms with Crippen molar-refractivity contribution in [3.05, 3.63) is 35.1 Å². The number of hydrogen-bond donors (Lipinski definition) is 1. The van der Waals surface area contributed by atoms with Crippen LogP contribution in [-0.4, -0.2) is 40.5 Å². The summed E-state index contributed by atoms with van der Waals surface area (Å²) in [6.07, 6.45) is 6.47. The minimum Gasteiger partial charge on any atom is -0.465 e. The van der Waals surface area contributed by atoms with Crippen LogP contribution in [0.4, 0.5) is 5.13 Å². The second kappa shape index (κ2) is 8.16. The van der Waals surface area contributed by atoms with Crippen LogP contribution in [0, 0.1) is 6.92 Å². The zero-order chi connectivity index (χ0) is 16.8. The monoisotopic (exact) mass is 353 g/mol. The van der Waals surface area contributed by atoms with E-state index in [1.807, 2.05) is 35.3 Å². The number of carbonyl (C=O) groups is 2. The highest BCUT2D eigenvalue weighted by molar-refractivity contribution is 7.98. The molecule has 0 fully saturated rings. The maximum absolute atomic E-state index is 12.6. The molecule has 0 aromatic carbocycles. The van der Waals surface area contributed by atoms with Crippen LogP contribution in [0.1, 0.15) is 27.8 Å². The van der Waals surface area contributed by atoms with Gasteiger partial charge in [-0.2, -0.15) is 11.8 Å². The standard InChI is InChI=1S/C15H19N3O3S2/c1-10-12(14(20)21-2)23-15(16-10)17-13(19)11(6-9-22-3)18-7-4-5-8-18/h4-5,7-8,11H,6,9H2,1-3H3,(H,16,17,19)/t11-/m1/s1. The van der Waals surface area contributed by atoms with Gasteiger partial charge in [0.05, 0.1) is 12.8 Å². The SMILES string of the molecule is COC(=O)c1sc(NC(=O)[C@@H](CCSC)n2cccc2)nc1C. The number of thioether (sulfide) groups is 1.